The summed E-state index contributed by atoms with van der Waals surface area (Å²) in [5.41, 5.74) is 1.09. The van der Waals surface area contributed by atoms with E-state index < -0.39 is 0 Å². The molecule has 0 aliphatic carbocycles. The second-order valence-electron chi connectivity index (χ2n) is 6.11. The number of rotatable bonds is 3. The van der Waals surface area contributed by atoms with Crippen LogP contribution in [0.1, 0.15) is 51.1 Å². The molecule has 3 heterocycles. The zero-order valence-corrected chi connectivity index (χ0v) is 12.8. The van der Waals surface area contributed by atoms with Gasteiger partial charge in [-0.2, -0.15) is 4.98 Å². The van der Waals surface area contributed by atoms with E-state index in [0.29, 0.717) is 6.04 Å². The quantitative estimate of drug-likeness (QED) is 0.847. The monoisotopic (exact) mass is 274 g/mol. The van der Waals surface area contributed by atoms with Crippen molar-refractivity contribution in [1.29, 1.82) is 0 Å². The molecule has 2 aliphatic heterocycles. The predicted octanol–water partition coefficient (Wildman–Crippen LogP) is 3.15. The van der Waals surface area contributed by atoms with Crippen LogP contribution < -0.4 is 9.80 Å². The number of piperidine rings is 1. The number of hydrogen-bond donors (Lipinski definition) is 0. The summed E-state index contributed by atoms with van der Waals surface area (Å²) in [6.45, 7) is 7.75. The average Bonchev–Trinajstić information content (AvgIpc) is 3.01. The lowest BCUT2D eigenvalue weighted by Gasteiger charge is -2.36. The molecule has 0 bridgehead atoms. The van der Waals surface area contributed by atoms with Crippen LogP contribution in [0.4, 0.5) is 11.8 Å². The first-order valence-corrected chi connectivity index (χ1v) is 8.15. The van der Waals surface area contributed by atoms with Crippen LogP contribution in [0.25, 0.3) is 0 Å². The fraction of sp³-hybridized carbons (Fsp3) is 0.750. The summed E-state index contributed by atoms with van der Waals surface area (Å²) in [6.07, 6.45) is 7.71. The van der Waals surface area contributed by atoms with Crippen molar-refractivity contribution in [3.05, 3.63) is 11.8 Å². The first-order valence-electron chi connectivity index (χ1n) is 8.15. The van der Waals surface area contributed by atoms with Gasteiger partial charge >= 0.3 is 0 Å². The molecule has 0 spiro atoms. The molecule has 0 saturated carbocycles. The van der Waals surface area contributed by atoms with Gasteiger partial charge in [0.2, 0.25) is 5.95 Å². The Morgan fingerprint density at radius 2 is 1.85 bits per heavy atom. The van der Waals surface area contributed by atoms with Gasteiger partial charge in [-0.1, -0.05) is 6.92 Å². The molecule has 20 heavy (non-hydrogen) atoms. The van der Waals surface area contributed by atoms with E-state index >= 15 is 0 Å². The molecule has 0 aromatic carbocycles. The molecule has 4 heteroatoms. The number of anilines is 2. The lowest BCUT2D eigenvalue weighted by Crippen LogP contribution is -2.40. The minimum Gasteiger partial charge on any atom is -0.353 e. The first-order chi connectivity index (χ1) is 9.78. The smallest absolute Gasteiger partial charge is 0.227 e. The SMILES string of the molecule is CCC1CCCCN1c1cc(C)nc(N2CCCC2)n1. The van der Waals surface area contributed by atoms with E-state index in [9.17, 15) is 0 Å². The minimum atomic E-state index is 0.657. The third-order valence-corrected chi connectivity index (χ3v) is 4.61. The highest BCUT2D eigenvalue weighted by atomic mass is 15.3. The standard InChI is InChI=1S/C16H26N4/c1-3-14-8-4-5-11-20(14)15-12-13(2)17-16(18-15)19-9-6-7-10-19/h12,14H,3-11H2,1-2H3. The molecule has 2 saturated heterocycles. The molecule has 2 aliphatic rings. The minimum absolute atomic E-state index is 0.657. The lowest BCUT2D eigenvalue weighted by atomic mass is 10.00. The normalized spacial score (nSPS) is 23.4. The van der Waals surface area contributed by atoms with E-state index in [-0.39, 0.29) is 0 Å². The van der Waals surface area contributed by atoms with Crippen molar-refractivity contribution >= 4 is 11.8 Å². The van der Waals surface area contributed by atoms with Crippen molar-refractivity contribution in [2.75, 3.05) is 29.4 Å². The number of aryl methyl sites for hydroxylation is 1. The highest BCUT2D eigenvalue weighted by Gasteiger charge is 2.24. The first kappa shape index (κ1) is 13.7. The Morgan fingerprint density at radius 1 is 1.10 bits per heavy atom. The lowest BCUT2D eigenvalue weighted by molar-refractivity contribution is 0.446. The van der Waals surface area contributed by atoms with Gasteiger partial charge in [0.05, 0.1) is 0 Å². The van der Waals surface area contributed by atoms with Crippen molar-refractivity contribution in [2.45, 2.75) is 58.4 Å². The van der Waals surface area contributed by atoms with E-state index in [0.717, 1.165) is 37.1 Å². The van der Waals surface area contributed by atoms with Crippen LogP contribution in [-0.4, -0.2) is 35.6 Å². The summed E-state index contributed by atoms with van der Waals surface area (Å²) >= 11 is 0. The number of aromatic nitrogens is 2. The Kier molecular flexibility index (Phi) is 4.08. The maximum absolute atomic E-state index is 4.88. The highest BCUT2D eigenvalue weighted by molar-refractivity contribution is 5.47. The van der Waals surface area contributed by atoms with Crippen LogP contribution in [0.2, 0.25) is 0 Å². The van der Waals surface area contributed by atoms with Crippen molar-refractivity contribution in [3.63, 3.8) is 0 Å². The van der Waals surface area contributed by atoms with Crippen LogP contribution in [0.3, 0.4) is 0 Å². The number of nitrogens with zero attached hydrogens (tertiary/aromatic N) is 4. The van der Waals surface area contributed by atoms with E-state index in [2.05, 4.69) is 34.7 Å². The van der Waals surface area contributed by atoms with Gasteiger partial charge < -0.3 is 9.80 Å². The third kappa shape index (κ3) is 2.74. The maximum Gasteiger partial charge on any atom is 0.227 e. The van der Waals surface area contributed by atoms with Crippen molar-refractivity contribution in [1.82, 2.24) is 9.97 Å². The van der Waals surface area contributed by atoms with Gasteiger partial charge in [-0.25, -0.2) is 4.98 Å². The number of hydrogen-bond acceptors (Lipinski definition) is 4. The van der Waals surface area contributed by atoms with Crippen LogP contribution >= 0.6 is 0 Å². The summed E-state index contributed by atoms with van der Waals surface area (Å²) < 4.78 is 0. The van der Waals surface area contributed by atoms with Crippen LogP contribution in [0.15, 0.2) is 6.07 Å². The molecule has 1 unspecified atom stereocenters. The molecular weight excluding hydrogens is 248 g/mol. The van der Waals surface area contributed by atoms with E-state index in [1.165, 1.54) is 38.5 Å². The zero-order valence-electron chi connectivity index (χ0n) is 12.8. The zero-order chi connectivity index (χ0) is 13.9. The molecule has 3 rings (SSSR count). The summed E-state index contributed by atoms with van der Waals surface area (Å²) in [7, 11) is 0. The Bertz CT molecular complexity index is 454. The van der Waals surface area contributed by atoms with Crippen molar-refractivity contribution in [3.8, 4) is 0 Å². The van der Waals surface area contributed by atoms with Crippen molar-refractivity contribution < 1.29 is 0 Å². The van der Waals surface area contributed by atoms with E-state index in [4.69, 9.17) is 4.98 Å². The van der Waals surface area contributed by atoms with E-state index in [1.54, 1.807) is 0 Å². The summed E-state index contributed by atoms with van der Waals surface area (Å²) in [6, 6.07) is 2.82. The predicted molar refractivity (Wildman–Crippen MR) is 83.5 cm³/mol. The second kappa shape index (κ2) is 5.98. The molecule has 1 atom stereocenters. The largest absolute Gasteiger partial charge is 0.353 e. The highest BCUT2D eigenvalue weighted by Crippen LogP contribution is 2.27. The molecule has 0 amide bonds. The maximum atomic E-state index is 4.88. The summed E-state index contributed by atoms with van der Waals surface area (Å²) in [5.74, 6) is 2.09. The molecule has 4 nitrogen and oxygen atoms in total. The average molecular weight is 274 g/mol. The fourth-order valence-corrected chi connectivity index (χ4v) is 3.47. The van der Waals surface area contributed by atoms with Gasteiger partial charge in [-0.3, -0.25) is 0 Å². The second-order valence-corrected chi connectivity index (χ2v) is 6.11. The molecule has 110 valence electrons. The molecular formula is C16H26N4. The Balaban J connectivity index is 1.87. The van der Waals surface area contributed by atoms with Gasteiger partial charge in [0.1, 0.15) is 5.82 Å². The van der Waals surface area contributed by atoms with Crippen molar-refractivity contribution in [2.24, 2.45) is 0 Å². The van der Waals surface area contributed by atoms with Gasteiger partial charge in [0.25, 0.3) is 0 Å². The summed E-state index contributed by atoms with van der Waals surface area (Å²) in [5, 5.41) is 0. The third-order valence-electron chi connectivity index (χ3n) is 4.61. The Hall–Kier alpha value is -1.32. The Labute approximate surface area is 122 Å². The molecule has 1 aromatic rings. The molecule has 2 fully saturated rings. The van der Waals surface area contributed by atoms with Crippen LogP contribution in [-0.2, 0) is 0 Å². The van der Waals surface area contributed by atoms with E-state index in [1.807, 2.05) is 0 Å². The molecule has 1 aromatic heterocycles. The van der Waals surface area contributed by atoms with Crippen LogP contribution in [0, 0.1) is 6.92 Å². The fourth-order valence-electron chi connectivity index (χ4n) is 3.47. The van der Waals surface area contributed by atoms with Gasteiger partial charge in [0, 0.05) is 37.4 Å². The van der Waals surface area contributed by atoms with Gasteiger partial charge in [-0.05, 0) is 45.4 Å². The van der Waals surface area contributed by atoms with Gasteiger partial charge in [0.15, 0.2) is 0 Å². The molecule has 0 N–H and O–H groups in total. The van der Waals surface area contributed by atoms with Crippen LogP contribution in [0.5, 0.6) is 0 Å². The Morgan fingerprint density at radius 3 is 2.60 bits per heavy atom. The molecule has 0 radical (unpaired) electrons. The summed E-state index contributed by atoms with van der Waals surface area (Å²) in [4.78, 5) is 14.4. The van der Waals surface area contributed by atoms with Gasteiger partial charge in [-0.15, -0.1) is 0 Å². The topological polar surface area (TPSA) is 32.3 Å².